The summed E-state index contributed by atoms with van der Waals surface area (Å²) in [6, 6.07) is 3.38. The summed E-state index contributed by atoms with van der Waals surface area (Å²) in [5.41, 5.74) is 0.964. The Hall–Kier alpha value is -1.75. The molecule has 0 spiro atoms. The van der Waals surface area contributed by atoms with E-state index in [4.69, 9.17) is 19.3 Å². The zero-order valence-corrected chi connectivity index (χ0v) is 9.02. The fourth-order valence-corrected chi connectivity index (χ4v) is 1.81. The van der Waals surface area contributed by atoms with Gasteiger partial charge in [0.2, 0.25) is 0 Å². The van der Waals surface area contributed by atoms with E-state index in [-0.39, 0.29) is 6.61 Å². The summed E-state index contributed by atoms with van der Waals surface area (Å²) in [4.78, 5) is 11.6. The van der Waals surface area contributed by atoms with Gasteiger partial charge in [-0.2, -0.15) is 0 Å². The molecule has 1 aromatic carbocycles. The van der Waals surface area contributed by atoms with Crippen LogP contribution in [0, 0.1) is 0 Å². The molecule has 1 aromatic rings. The van der Waals surface area contributed by atoms with Crippen LogP contribution in [0.2, 0.25) is 0 Å². The Balaban J connectivity index is 2.60. The van der Waals surface area contributed by atoms with E-state index in [9.17, 15) is 4.79 Å². The molecule has 5 heteroatoms. The topological polar surface area (TPSA) is 65.0 Å². The van der Waals surface area contributed by atoms with E-state index < -0.39 is 12.1 Å². The van der Waals surface area contributed by atoms with Crippen molar-refractivity contribution < 1.29 is 24.1 Å². The van der Waals surface area contributed by atoms with Gasteiger partial charge < -0.3 is 19.3 Å². The Morgan fingerprint density at radius 2 is 2.12 bits per heavy atom. The van der Waals surface area contributed by atoms with Gasteiger partial charge in [0.1, 0.15) is 5.56 Å². The van der Waals surface area contributed by atoms with Crippen LogP contribution in [0.4, 0.5) is 0 Å². The molecule has 0 radical (unpaired) electrons. The van der Waals surface area contributed by atoms with Crippen molar-refractivity contribution >= 4 is 5.97 Å². The molecule has 1 heterocycles. The number of hydrogen-bond acceptors (Lipinski definition) is 5. The number of aliphatic hydroxyl groups is 1. The molecule has 1 aliphatic rings. The normalized spacial score (nSPS) is 17.9. The number of cyclic esters (lactones) is 1. The number of benzene rings is 1. The second-order valence-electron chi connectivity index (χ2n) is 3.34. The largest absolute Gasteiger partial charge is 0.493 e. The number of ether oxygens (including phenoxy) is 3. The van der Waals surface area contributed by atoms with Crippen LogP contribution in [-0.4, -0.2) is 31.9 Å². The number of aliphatic hydroxyl groups excluding tert-OH is 1. The van der Waals surface area contributed by atoms with Crippen molar-refractivity contribution in [2.24, 2.45) is 0 Å². The molecule has 0 aliphatic carbocycles. The van der Waals surface area contributed by atoms with E-state index in [1.165, 1.54) is 14.2 Å². The highest BCUT2D eigenvalue weighted by Gasteiger charge is 2.35. The number of esters is 1. The van der Waals surface area contributed by atoms with Crippen LogP contribution in [0.5, 0.6) is 11.5 Å². The Morgan fingerprint density at radius 3 is 2.69 bits per heavy atom. The number of fused-ring (bicyclic) bond motifs is 1. The number of methoxy groups -OCH3 is 2. The standard InChI is InChI=1S/C11H12O5/c1-14-7-4-3-6-8(5-12)16-11(13)9(6)10(7)15-2/h3-4,8,12H,5H2,1-2H3/t8-/m0/s1. The van der Waals surface area contributed by atoms with Gasteiger partial charge in [0, 0.05) is 5.56 Å². The molecular formula is C11H12O5. The molecule has 16 heavy (non-hydrogen) atoms. The Labute approximate surface area is 92.5 Å². The number of carbonyl (C=O) groups excluding carboxylic acids is 1. The van der Waals surface area contributed by atoms with Crippen LogP contribution in [-0.2, 0) is 4.74 Å². The molecule has 0 unspecified atom stereocenters. The number of rotatable bonds is 3. The monoisotopic (exact) mass is 224 g/mol. The smallest absolute Gasteiger partial charge is 0.343 e. The van der Waals surface area contributed by atoms with Crippen LogP contribution < -0.4 is 9.47 Å². The van der Waals surface area contributed by atoms with E-state index >= 15 is 0 Å². The first-order valence-corrected chi connectivity index (χ1v) is 4.79. The lowest BCUT2D eigenvalue weighted by Gasteiger charge is -2.10. The molecule has 0 aromatic heterocycles. The Bertz CT molecular complexity index is 427. The van der Waals surface area contributed by atoms with Crippen LogP contribution in [0.1, 0.15) is 22.0 Å². The van der Waals surface area contributed by atoms with Gasteiger partial charge in [-0.25, -0.2) is 4.79 Å². The van der Waals surface area contributed by atoms with Gasteiger partial charge >= 0.3 is 5.97 Å². The highest BCUT2D eigenvalue weighted by Crippen LogP contribution is 2.41. The molecule has 5 nitrogen and oxygen atoms in total. The zero-order chi connectivity index (χ0) is 11.7. The lowest BCUT2D eigenvalue weighted by Crippen LogP contribution is -2.02. The van der Waals surface area contributed by atoms with E-state index in [0.717, 1.165) is 0 Å². The third-order valence-electron chi connectivity index (χ3n) is 2.54. The Morgan fingerprint density at radius 1 is 1.38 bits per heavy atom. The predicted molar refractivity (Wildman–Crippen MR) is 54.8 cm³/mol. The quantitative estimate of drug-likeness (QED) is 0.773. The molecule has 86 valence electrons. The fourth-order valence-electron chi connectivity index (χ4n) is 1.81. The lowest BCUT2D eigenvalue weighted by molar-refractivity contribution is 0.0234. The van der Waals surface area contributed by atoms with Crippen molar-refractivity contribution in [3.05, 3.63) is 23.3 Å². The first-order chi connectivity index (χ1) is 7.72. The van der Waals surface area contributed by atoms with Crippen LogP contribution in [0.15, 0.2) is 12.1 Å². The maximum Gasteiger partial charge on any atom is 0.343 e. The van der Waals surface area contributed by atoms with Gasteiger partial charge in [0.05, 0.1) is 20.8 Å². The van der Waals surface area contributed by atoms with E-state index in [0.29, 0.717) is 22.6 Å². The SMILES string of the molecule is COc1ccc2c(c1OC)C(=O)O[C@H]2CO. The first-order valence-electron chi connectivity index (χ1n) is 4.79. The molecule has 0 bridgehead atoms. The average molecular weight is 224 g/mol. The molecule has 0 saturated carbocycles. The fraction of sp³-hybridized carbons (Fsp3) is 0.364. The van der Waals surface area contributed by atoms with Crippen molar-refractivity contribution in [3.8, 4) is 11.5 Å². The van der Waals surface area contributed by atoms with Crippen molar-refractivity contribution in [1.82, 2.24) is 0 Å². The van der Waals surface area contributed by atoms with Crippen molar-refractivity contribution in [3.63, 3.8) is 0 Å². The minimum atomic E-state index is -0.609. The third kappa shape index (κ3) is 1.40. The van der Waals surface area contributed by atoms with Gasteiger partial charge in [-0.05, 0) is 6.07 Å². The van der Waals surface area contributed by atoms with Gasteiger partial charge in [-0.15, -0.1) is 0 Å². The minimum absolute atomic E-state index is 0.242. The van der Waals surface area contributed by atoms with Gasteiger partial charge in [0.25, 0.3) is 0 Å². The van der Waals surface area contributed by atoms with Crippen molar-refractivity contribution in [2.75, 3.05) is 20.8 Å². The average Bonchev–Trinajstić information content (AvgIpc) is 2.65. The summed E-state index contributed by atoms with van der Waals surface area (Å²) in [5, 5.41) is 9.07. The maximum absolute atomic E-state index is 11.6. The summed E-state index contributed by atoms with van der Waals surface area (Å²) in [6.45, 7) is -0.242. The predicted octanol–water partition coefficient (Wildman–Crippen LogP) is 0.908. The Kier molecular flexibility index (Phi) is 2.70. The minimum Gasteiger partial charge on any atom is -0.493 e. The molecule has 0 amide bonds. The highest BCUT2D eigenvalue weighted by atomic mass is 16.6. The van der Waals surface area contributed by atoms with Crippen LogP contribution in [0.25, 0.3) is 0 Å². The van der Waals surface area contributed by atoms with Crippen molar-refractivity contribution in [2.45, 2.75) is 6.10 Å². The van der Waals surface area contributed by atoms with E-state index in [1.807, 2.05) is 0 Å². The van der Waals surface area contributed by atoms with E-state index in [1.54, 1.807) is 12.1 Å². The highest BCUT2D eigenvalue weighted by molar-refractivity contribution is 5.98. The summed E-state index contributed by atoms with van der Waals surface area (Å²) in [5.74, 6) is 0.322. The molecular weight excluding hydrogens is 212 g/mol. The second-order valence-corrected chi connectivity index (χ2v) is 3.34. The summed E-state index contributed by atoms with van der Waals surface area (Å²) < 4.78 is 15.2. The lowest BCUT2D eigenvalue weighted by atomic mass is 10.0. The van der Waals surface area contributed by atoms with E-state index in [2.05, 4.69) is 0 Å². The third-order valence-corrected chi connectivity index (χ3v) is 2.54. The van der Waals surface area contributed by atoms with Crippen LogP contribution in [0.3, 0.4) is 0 Å². The van der Waals surface area contributed by atoms with Gasteiger partial charge in [-0.3, -0.25) is 0 Å². The summed E-state index contributed by atoms with van der Waals surface area (Å²) in [7, 11) is 2.95. The maximum atomic E-state index is 11.6. The van der Waals surface area contributed by atoms with Crippen LogP contribution >= 0.6 is 0 Å². The number of hydrogen-bond donors (Lipinski definition) is 1. The molecule has 1 N–H and O–H groups in total. The summed E-state index contributed by atoms with van der Waals surface area (Å²) >= 11 is 0. The first kappa shape index (κ1) is 10.8. The molecule has 2 rings (SSSR count). The van der Waals surface area contributed by atoms with Crippen molar-refractivity contribution in [1.29, 1.82) is 0 Å². The zero-order valence-electron chi connectivity index (χ0n) is 9.02. The molecule has 1 aliphatic heterocycles. The molecule has 1 atom stereocenters. The molecule has 0 fully saturated rings. The van der Waals surface area contributed by atoms with Gasteiger partial charge in [-0.1, -0.05) is 6.07 Å². The summed E-state index contributed by atoms with van der Waals surface area (Å²) in [6.07, 6.45) is -0.609. The van der Waals surface area contributed by atoms with Gasteiger partial charge in [0.15, 0.2) is 17.6 Å². The number of carbonyl (C=O) groups is 1. The second kappa shape index (κ2) is 4.02. The molecule has 0 saturated heterocycles.